The van der Waals surface area contributed by atoms with E-state index in [9.17, 15) is 0 Å². The smallest absolute Gasteiger partial charge is 0.158 e. The molecule has 0 aromatic carbocycles. The number of hydrogen-bond donors (Lipinski definition) is 2. The molecule has 0 saturated heterocycles. The van der Waals surface area contributed by atoms with Crippen LogP contribution in [0.25, 0.3) is 0 Å². The van der Waals surface area contributed by atoms with E-state index in [1.54, 1.807) is 11.3 Å². The molecule has 2 rings (SSSR count). The summed E-state index contributed by atoms with van der Waals surface area (Å²) in [5, 5.41) is 6.29. The topological polar surface area (TPSA) is 59.1 Å². The predicted molar refractivity (Wildman–Crippen MR) is 83.6 cm³/mol. The Bertz CT molecular complexity index is 561. The molecule has 7 heteroatoms. The first kappa shape index (κ1) is 15.0. The van der Waals surface area contributed by atoms with Crippen molar-refractivity contribution in [3.05, 3.63) is 33.2 Å². The Hall–Kier alpha value is -1.37. The van der Waals surface area contributed by atoms with Gasteiger partial charge in [0.2, 0.25) is 0 Å². The van der Waals surface area contributed by atoms with Gasteiger partial charge in [-0.25, -0.2) is 9.97 Å². The lowest BCUT2D eigenvalue weighted by Gasteiger charge is -2.09. The minimum Gasteiger partial charge on any atom is -0.374 e. The van der Waals surface area contributed by atoms with Crippen molar-refractivity contribution in [2.75, 3.05) is 24.3 Å². The van der Waals surface area contributed by atoms with Gasteiger partial charge in [-0.15, -0.1) is 11.3 Å². The lowest BCUT2D eigenvalue weighted by molar-refractivity contribution is 0.128. The molecular weight excluding hydrogens is 296 g/mol. The molecule has 0 aliphatic carbocycles. The van der Waals surface area contributed by atoms with Crippen molar-refractivity contribution < 1.29 is 4.74 Å². The van der Waals surface area contributed by atoms with Crippen LogP contribution in [0.5, 0.6) is 0 Å². The number of aromatic nitrogens is 2. The number of ether oxygens (including phenoxy) is 1. The van der Waals surface area contributed by atoms with Crippen LogP contribution < -0.4 is 10.6 Å². The highest BCUT2D eigenvalue weighted by Crippen LogP contribution is 2.22. The van der Waals surface area contributed by atoms with Crippen LogP contribution in [0.4, 0.5) is 11.6 Å². The third-order valence-corrected chi connectivity index (χ3v) is 3.77. The molecule has 2 N–H and O–H groups in total. The maximum atomic E-state index is 5.91. The first-order valence-corrected chi connectivity index (χ1v) is 7.52. The van der Waals surface area contributed by atoms with Crippen LogP contribution in [-0.4, -0.2) is 23.6 Å². The largest absolute Gasteiger partial charge is 0.374 e. The van der Waals surface area contributed by atoms with Gasteiger partial charge in [0.05, 0.1) is 10.9 Å². The van der Waals surface area contributed by atoms with E-state index in [0.717, 1.165) is 20.8 Å². The third-order valence-electron chi connectivity index (χ3n) is 2.54. The van der Waals surface area contributed by atoms with Crippen LogP contribution in [-0.2, 0) is 17.9 Å². The minimum atomic E-state index is 0.408. The number of thiophene rings is 1. The molecule has 0 atom stereocenters. The van der Waals surface area contributed by atoms with Crippen LogP contribution in [0.2, 0.25) is 4.34 Å². The van der Waals surface area contributed by atoms with Crippen molar-refractivity contribution in [1.82, 2.24) is 9.97 Å². The predicted octanol–water partition coefficient (Wildman–Crippen LogP) is 3.38. The van der Waals surface area contributed by atoms with Gasteiger partial charge in [0.1, 0.15) is 18.2 Å². The summed E-state index contributed by atoms with van der Waals surface area (Å²) in [6, 6.07) is 5.76. The molecule has 108 valence electrons. The summed E-state index contributed by atoms with van der Waals surface area (Å²) in [5.74, 6) is 2.19. The molecule has 5 nitrogen and oxygen atoms in total. The molecule has 0 bridgehead atoms. The van der Waals surface area contributed by atoms with Gasteiger partial charge >= 0.3 is 0 Å². The molecule has 0 radical (unpaired) electrons. The highest BCUT2D eigenvalue weighted by atomic mass is 35.5. The molecular formula is C13H17ClN4OS. The molecule has 0 aliphatic rings. The number of halogens is 1. The van der Waals surface area contributed by atoms with Crippen LogP contribution in [0.1, 0.15) is 17.6 Å². The Labute approximate surface area is 127 Å². The second kappa shape index (κ2) is 7.42. The standard InChI is InChI=1S/C13H17ClN4OS/c1-3-19-8-13-17-11(15-2)6-12(18-13)16-7-9-4-5-10(14)20-9/h4-6H,3,7-8H2,1-2H3,(H2,15,16,17,18). The van der Waals surface area contributed by atoms with E-state index in [-0.39, 0.29) is 0 Å². The highest BCUT2D eigenvalue weighted by molar-refractivity contribution is 7.16. The fourth-order valence-corrected chi connectivity index (χ4v) is 2.63. The van der Waals surface area contributed by atoms with E-state index in [1.807, 2.05) is 32.2 Å². The van der Waals surface area contributed by atoms with Gasteiger partial charge in [-0.2, -0.15) is 0 Å². The molecule has 0 fully saturated rings. The van der Waals surface area contributed by atoms with Crippen molar-refractivity contribution in [3.8, 4) is 0 Å². The summed E-state index contributed by atoms with van der Waals surface area (Å²) >= 11 is 7.47. The van der Waals surface area contributed by atoms with E-state index < -0.39 is 0 Å². The number of nitrogens with zero attached hydrogens (tertiary/aromatic N) is 2. The van der Waals surface area contributed by atoms with Crippen LogP contribution >= 0.6 is 22.9 Å². The van der Waals surface area contributed by atoms with Gasteiger partial charge in [-0.05, 0) is 19.1 Å². The molecule has 0 aliphatic heterocycles. The van der Waals surface area contributed by atoms with Gasteiger partial charge in [-0.3, -0.25) is 0 Å². The van der Waals surface area contributed by atoms with E-state index in [2.05, 4.69) is 20.6 Å². The average Bonchev–Trinajstić information content (AvgIpc) is 2.88. The van der Waals surface area contributed by atoms with Crippen molar-refractivity contribution in [2.24, 2.45) is 0 Å². The second-order valence-corrected chi connectivity index (χ2v) is 5.80. The SMILES string of the molecule is CCOCc1nc(NC)cc(NCc2ccc(Cl)s2)n1. The quantitative estimate of drug-likeness (QED) is 0.820. The Balaban J connectivity index is 2.05. The van der Waals surface area contributed by atoms with Gasteiger partial charge in [-0.1, -0.05) is 11.6 Å². The lowest BCUT2D eigenvalue weighted by atomic mass is 10.4. The summed E-state index contributed by atoms with van der Waals surface area (Å²) in [4.78, 5) is 9.93. The zero-order chi connectivity index (χ0) is 14.4. The summed E-state index contributed by atoms with van der Waals surface area (Å²) in [6.45, 7) is 3.68. The maximum absolute atomic E-state index is 5.91. The maximum Gasteiger partial charge on any atom is 0.158 e. The monoisotopic (exact) mass is 312 g/mol. The zero-order valence-corrected chi connectivity index (χ0v) is 13.0. The Morgan fingerprint density at radius 1 is 1.30 bits per heavy atom. The van der Waals surface area contributed by atoms with Crippen LogP contribution in [0, 0.1) is 0 Å². The Kier molecular flexibility index (Phi) is 5.58. The van der Waals surface area contributed by atoms with Crippen molar-refractivity contribution in [2.45, 2.75) is 20.1 Å². The van der Waals surface area contributed by atoms with E-state index in [0.29, 0.717) is 25.6 Å². The van der Waals surface area contributed by atoms with Gasteiger partial charge in [0, 0.05) is 24.6 Å². The molecule has 0 amide bonds. The lowest BCUT2D eigenvalue weighted by Crippen LogP contribution is -2.07. The third kappa shape index (κ3) is 4.33. The number of anilines is 2. The summed E-state index contributed by atoms with van der Waals surface area (Å²) in [5.41, 5.74) is 0. The van der Waals surface area contributed by atoms with Crippen LogP contribution in [0.15, 0.2) is 18.2 Å². The molecule has 2 aromatic rings. The summed E-state index contributed by atoms with van der Waals surface area (Å²) < 4.78 is 6.13. The molecule has 0 spiro atoms. The van der Waals surface area contributed by atoms with Gasteiger partial charge in [0.25, 0.3) is 0 Å². The normalized spacial score (nSPS) is 10.6. The number of rotatable bonds is 7. The minimum absolute atomic E-state index is 0.408. The van der Waals surface area contributed by atoms with E-state index in [1.165, 1.54) is 0 Å². The Morgan fingerprint density at radius 3 is 2.75 bits per heavy atom. The van der Waals surface area contributed by atoms with Crippen molar-refractivity contribution in [3.63, 3.8) is 0 Å². The fourth-order valence-electron chi connectivity index (χ4n) is 1.60. The van der Waals surface area contributed by atoms with E-state index >= 15 is 0 Å². The highest BCUT2D eigenvalue weighted by Gasteiger charge is 2.05. The number of hydrogen-bond acceptors (Lipinski definition) is 6. The second-order valence-electron chi connectivity index (χ2n) is 4.00. The molecule has 0 unspecified atom stereocenters. The first-order chi connectivity index (χ1) is 9.71. The number of nitrogens with one attached hydrogen (secondary N) is 2. The van der Waals surface area contributed by atoms with Gasteiger partial charge < -0.3 is 15.4 Å². The zero-order valence-electron chi connectivity index (χ0n) is 11.4. The molecule has 20 heavy (non-hydrogen) atoms. The van der Waals surface area contributed by atoms with Crippen LogP contribution in [0.3, 0.4) is 0 Å². The molecule has 2 heterocycles. The van der Waals surface area contributed by atoms with Gasteiger partial charge in [0.15, 0.2) is 5.82 Å². The van der Waals surface area contributed by atoms with Crippen molar-refractivity contribution in [1.29, 1.82) is 0 Å². The fraction of sp³-hybridized carbons (Fsp3) is 0.385. The Morgan fingerprint density at radius 2 is 2.10 bits per heavy atom. The summed E-state index contributed by atoms with van der Waals surface area (Å²) in [7, 11) is 1.83. The average molecular weight is 313 g/mol. The molecule has 0 saturated carbocycles. The summed E-state index contributed by atoms with van der Waals surface area (Å²) in [6.07, 6.45) is 0. The van der Waals surface area contributed by atoms with Crippen molar-refractivity contribution >= 4 is 34.6 Å². The molecule has 2 aromatic heterocycles. The first-order valence-electron chi connectivity index (χ1n) is 6.32. The van der Waals surface area contributed by atoms with E-state index in [4.69, 9.17) is 16.3 Å².